The molecule has 0 atom stereocenters. The van der Waals surface area contributed by atoms with E-state index in [1.807, 2.05) is 0 Å². The third-order valence-electron chi connectivity index (χ3n) is 3.94. The fourth-order valence-corrected chi connectivity index (χ4v) is 2.55. The maximum absolute atomic E-state index is 13.1. The molecular formula is C21H13F3N2O3. The molecule has 0 fully saturated rings. The fraction of sp³-hybridized carbons (Fsp3) is 0.0952. The SMILES string of the molecule is [C-]#[N+]c1ccc(Oc2ccc(C(F)(F)F)cc2C(=O)NC2=CC(=O)CC=C2)cc1. The van der Waals surface area contributed by atoms with Gasteiger partial charge in [-0.15, -0.1) is 0 Å². The molecule has 0 unspecified atom stereocenters. The number of alkyl halides is 3. The summed E-state index contributed by atoms with van der Waals surface area (Å²) in [5.41, 5.74) is -0.816. The molecule has 0 aliphatic heterocycles. The van der Waals surface area contributed by atoms with Gasteiger partial charge in [0.05, 0.1) is 17.7 Å². The molecule has 146 valence electrons. The van der Waals surface area contributed by atoms with Crippen LogP contribution in [0, 0.1) is 6.57 Å². The van der Waals surface area contributed by atoms with E-state index in [-0.39, 0.29) is 35.0 Å². The van der Waals surface area contributed by atoms with E-state index < -0.39 is 17.6 Å². The summed E-state index contributed by atoms with van der Waals surface area (Å²) in [5, 5.41) is 2.42. The summed E-state index contributed by atoms with van der Waals surface area (Å²) in [5.74, 6) is -0.936. The second kappa shape index (κ2) is 8.02. The number of ketones is 1. The van der Waals surface area contributed by atoms with Crippen molar-refractivity contribution in [1.29, 1.82) is 0 Å². The summed E-state index contributed by atoms with van der Waals surface area (Å²) in [6.45, 7) is 6.93. The first kappa shape index (κ1) is 19.9. The third-order valence-corrected chi connectivity index (χ3v) is 3.94. The Bertz CT molecular complexity index is 1060. The van der Waals surface area contributed by atoms with E-state index in [9.17, 15) is 22.8 Å². The molecule has 1 aliphatic carbocycles. The minimum atomic E-state index is -4.65. The Morgan fingerprint density at radius 2 is 1.86 bits per heavy atom. The molecule has 0 spiro atoms. The van der Waals surface area contributed by atoms with E-state index in [1.165, 1.54) is 36.4 Å². The van der Waals surface area contributed by atoms with Gasteiger partial charge in [-0.3, -0.25) is 9.59 Å². The number of ether oxygens (including phenoxy) is 1. The second-order valence-corrected chi connectivity index (χ2v) is 6.04. The van der Waals surface area contributed by atoms with Gasteiger partial charge in [0.15, 0.2) is 11.5 Å². The van der Waals surface area contributed by atoms with Crippen molar-refractivity contribution in [2.75, 3.05) is 0 Å². The van der Waals surface area contributed by atoms with Gasteiger partial charge >= 0.3 is 6.18 Å². The first-order chi connectivity index (χ1) is 13.8. The van der Waals surface area contributed by atoms with Crippen molar-refractivity contribution < 1.29 is 27.5 Å². The van der Waals surface area contributed by atoms with E-state index in [2.05, 4.69) is 10.2 Å². The Morgan fingerprint density at radius 3 is 2.48 bits per heavy atom. The van der Waals surface area contributed by atoms with Crippen LogP contribution in [0.2, 0.25) is 0 Å². The minimum absolute atomic E-state index is 0.0993. The standard InChI is InChI=1S/C21H13F3N2O3/c1-25-14-6-8-17(9-7-14)29-19-10-5-13(21(22,23)24)11-18(19)20(28)26-15-3-2-4-16(27)12-15/h2-3,5-12H,4H2,(H,26,28). The Labute approximate surface area is 163 Å². The molecule has 2 aromatic rings. The number of amides is 1. The molecule has 29 heavy (non-hydrogen) atoms. The lowest BCUT2D eigenvalue weighted by Gasteiger charge is -2.15. The molecular weight excluding hydrogens is 385 g/mol. The molecule has 0 aromatic heterocycles. The van der Waals surface area contributed by atoms with Crippen LogP contribution < -0.4 is 10.1 Å². The average molecular weight is 398 g/mol. The molecule has 0 saturated heterocycles. The molecule has 1 amide bonds. The highest BCUT2D eigenvalue weighted by atomic mass is 19.4. The van der Waals surface area contributed by atoms with Gasteiger partial charge in [-0.25, -0.2) is 4.85 Å². The number of benzene rings is 2. The quantitative estimate of drug-likeness (QED) is 0.721. The van der Waals surface area contributed by atoms with E-state index in [0.717, 1.165) is 12.1 Å². The zero-order valence-electron chi connectivity index (χ0n) is 14.8. The Kier molecular flexibility index (Phi) is 5.50. The van der Waals surface area contributed by atoms with Crippen LogP contribution in [0.3, 0.4) is 0 Å². The summed E-state index contributed by atoms with van der Waals surface area (Å²) >= 11 is 0. The van der Waals surface area contributed by atoms with Crippen molar-refractivity contribution in [3.05, 3.63) is 88.9 Å². The van der Waals surface area contributed by atoms with Gasteiger partial charge in [0.25, 0.3) is 5.91 Å². The van der Waals surface area contributed by atoms with Gasteiger partial charge < -0.3 is 10.1 Å². The molecule has 0 heterocycles. The van der Waals surface area contributed by atoms with Crippen molar-refractivity contribution in [1.82, 2.24) is 5.32 Å². The maximum Gasteiger partial charge on any atom is 0.416 e. The topological polar surface area (TPSA) is 59.8 Å². The summed E-state index contributed by atoms with van der Waals surface area (Å²) in [7, 11) is 0. The second-order valence-electron chi connectivity index (χ2n) is 6.04. The van der Waals surface area contributed by atoms with E-state index in [1.54, 1.807) is 6.08 Å². The van der Waals surface area contributed by atoms with E-state index >= 15 is 0 Å². The first-order valence-corrected chi connectivity index (χ1v) is 8.35. The lowest BCUT2D eigenvalue weighted by atomic mass is 10.1. The van der Waals surface area contributed by atoms with E-state index in [0.29, 0.717) is 11.8 Å². The number of nitrogens with one attached hydrogen (secondary N) is 1. The highest BCUT2D eigenvalue weighted by molar-refractivity contribution is 6.00. The van der Waals surface area contributed by atoms with Crippen molar-refractivity contribution >= 4 is 17.4 Å². The van der Waals surface area contributed by atoms with Crippen molar-refractivity contribution in [3.63, 3.8) is 0 Å². The molecule has 0 saturated carbocycles. The number of halogens is 3. The smallest absolute Gasteiger partial charge is 0.416 e. The number of nitrogens with zero attached hydrogens (tertiary/aromatic N) is 1. The predicted octanol–water partition coefficient (Wildman–Crippen LogP) is 5.19. The largest absolute Gasteiger partial charge is 0.457 e. The van der Waals surface area contributed by atoms with Crippen LogP contribution in [0.25, 0.3) is 4.85 Å². The van der Waals surface area contributed by atoms with Gasteiger partial charge in [-0.05, 0) is 36.4 Å². The molecule has 0 bridgehead atoms. The Hall–Kier alpha value is -3.86. The summed E-state index contributed by atoms with van der Waals surface area (Å²) in [6, 6.07) is 8.45. The highest BCUT2D eigenvalue weighted by Crippen LogP contribution is 2.34. The summed E-state index contributed by atoms with van der Waals surface area (Å²) in [4.78, 5) is 27.3. The van der Waals surface area contributed by atoms with Gasteiger partial charge in [-0.2, -0.15) is 13.2 Å². The van der Waals surface area contributed by atoms with Crippen LogP contribution in [-0.2, 0) is 11.0 Å². The molecule has 5 nitrogen and oxygen atoms in total. The zero-order chi connectivity index (χ0) is 21.0. The highest BCUT2D eigenvalue weighted by Gasteiger charge is 2.32. The molecule has 3 rings (SSSR count). The number of carbonyl (C=O) groups is 2. The number of rotatable bonds is 4. The number of allylic oxidation sites excluding steroid dienone is 3. The van der Waals surface area contributed by atoms with Crippen molar-refractivity contribution in [2.24, 2.45) is 0 Å². The fourth-order valence-electron chi connectivity index (χ4n) is 2.55. The molecule has 2 aromatic carbocycles. The van der Waals surface area contributed by atoms with Gasteiger partial charge in [0, 0.05) is 18.2 Å². The third kappa shape index (κ3) is 4.90. The van der Waals surface area contributed by atoms with E-state index in [4.69, 9.17) is 11.3 Å². The minimum Gasteiger partial charge on any atom is -0.457 e. The number of hydrogen-bond donors (Lipinski definition) is 1. The zero-order valence-corrected chi connectivity index (χ0v) is 14.8. The van der Waals surface area contributed by atoms with Gasteiger partial charge in [-0.1, -0.05) is 18.2 Å². The molecule has 1 aliphatic rings. The van der Waals surface area contributed by atoms with Crippen LogP contribution in [0.15, 0.2) is 66.4 Å². The summed E-state index contributed by atoms with van der Waals surface area (Å²) < 4.78 is 44.9. The van der Waals surface area contributed by atoms with Crippen LogP contribution in [0.5, 0.6) is 11.5 Å². The number of carbonyl (C=O) groups excluding carboxylic acids is 2. The van der Waals surface area contributed by atoms with Crippen LogP contribution in [0.1, 0.15) is 22.3 Å². The maximum atomic E-state index is 13.1. The van der Waals surface area contributed by atoms with Gasteiger partial charge in [0.2, 0.25) is 0 Å². The molecule has 8 heteroatoms. The molecule has 0 radical (unpaired) electrons. The first-order valence-electron chi connectivity index (χ1n) is 8.35. The van der Waals surface area contributed by atoms with Crippen molar-refractivity contribution in [3.8, 4) is 11.5 Å². The van der Waals surface area contributed by atoms with Crippen LogP contribution in [-0.4, -0.2) is 11.7 Å². The van der Waals surface area contributed by atoms with Crippen LogP contribution >= 0.6 is 0 Å². The van der Waals surface area contributed by atoms with Crippen LogP contribution in [0.4, 0.5) is 18.9 Å². The number of hydrogen-bond acceptors (Lipinski definition) is 3. The monoisotopic (exact) mass is 398 g/mol. The predicted molar refractivity (Wildman–Crippen MR) is 98.5 cm³/mol. The normalized spacial score (nSPS) is 13.4. The Morgan fingerprint density at radius 1 is 1.14 bits per heavy atom. The summed E-state index contributed by atoms with van der Waals surface area (Å²) in [6.07, 6.45) is -0.214. The molecule has 1 N–H and O–H groups in total. The van der Waals surface area contributed by atoms with Gasteiger partial charge in [0.1, 0.15) is 11.5 Å². The lowest BCUT2D eigenvalue weighted by molar-refractivity contribution is -0.137. The Balaban J connectivity index is 1.94. The lowest BCUT2D eigenvalue weighted by Crippen LogP contribution is -2.24. The van der Waals surface area contributed by atoms with Crippen molar-refractivity contribution in [2.45, 2.75) is 12.6 Å². The average Bonchev–Trinajstić information content (AvgIpc) is 2.68.